The smallest absolute Gasteiger partial charge is 0.255 e. The van der Waals surface area contributed by atoms with Gasteiger partial charge in [0.1, 0.15) is 28.7 Å². The van der Waals surface area contributed by atoms with Crippen LogP contribution >= 0.6 is 0 Å². The zero-order valence-corrected chi connectivity index (χ0v) is 21.2. The number of amides is 1. The molecule has 0 unspecified atom stereocenters. The van der Waals surface area contributed by atoms with Crippen molar-refractivity contribution in [3.05, 3.63) is 45.0 Å². The molecule has 0 bridgehead atoms. The van der Waals surface area contributed by atoms with Crippen molar-refractivity contribution in [2.75, 3.05) is 34.4 Å². The number of fused-ring (bicyclic) bond motifs is 4. The fourth-order valence-corrected chi connectivity index (χ4v) is 6.66. The lowest BCUT2D eigenvalue weighted by Crippen LogP contribution is -2.65. The number of methoxy groups -OCH3 is 1. The van der Waals surface area contributed by atoms with E-state index in [-0.39, 0.29) is 53.9 Å². The Kier molecular flexibility index (Phi) is 6.14. The van der Waals surface area contributed by atoms with Gasteiger partial charge in [-0.1, -0.05) is 0 Å². The monoisotopic (exact) mass is 531 g/mol. The van der Waals surface area contributed by atoms with Crippen LogP contribution < -0.4 is 5.73 Å². The standard InChI is InChI=1S/C26H30FN3O8/c1-29(2)19-14-7-10-6-11-16(20(31)13-9-30(4-5-38-3)8-12(13)18(11)27)21(32)15(10)23(34)26(14,37)24(35)17(22(19)33)25(28)36/h10,14,19,31-32,35,37H,4-9H2,1-3H3,(H2,28,36)/t10-,14-,19-,26-/m0/s1. The van der Waals surface area contributed by atoms with Crippen LogP contribution in [0.5, 0.6) is 5.75 Å². The molecule has 1 aromatic carbocycles. The molecule has 11 nitrogen and oxygen atoms in total. The molecule has 1 saturated carbocycles. The second kappa shape index (κ2) is 8.87. The number of ketones is 2. The lowest BCUT2D eigenvalue weighted by Gasteiger charge is -2.50. The van der Waals surface area contributed by atoms with Gasteiger partial charge in [0.2, 0.25) is 5.78 Å². The highest BCUT2D eigenvalue weighted by Gasteiger charge is 2.64. The second-order valence-corrected chi connectivity index (χ2v) is 10.6. The number of phenols is 1. The number of carbonyl (C=O) groups is 3. The number of hydrogen-bond acceptors (Lipinski definition) is 10. The van der Waals surface area contributed by atoms with E-state index in [2.05, 4.69) is 0 Å². The maximum Gasteiger partial charge on any atom is 0.255 e. The molecule has 1 heterocycles. The Bertz CT molecular complexity index is 1350. The molecule has 0 aromatic heterocycles. The Morgan fingerprint density at radius 1 is 1.18 bits per heavy atom. The number of carbonyl (C=O) groups excluding carboxylic acids is 3. The minimum Gasteiger partial charge on any atom is -0.508 e. The van der Waals surface area contributed by atoms with Crippen molar-refractivity contribution >= 4 is 23.2 Å². The zero-order valence-electron chi connectivity index (χ0n) is 21.2. The summed E-state index contributed by atoms with van der Waals surface area (Å²) in [5, 5.41) is 44.9. The molecule has 1 aliphatic heterocycles. The molecule has 4 atom stereocenters. The van der Waals surface area contributed by atoms with Gasteiger partial charge in [-0.15, -0.1) is 0 Å². The van der Waals surface area contributed by atoms with Gasteiger partial charge in [-0.2, -0.15) is 0 Å². The summed E-state index contributed by atoms with van der Waals surface area (Å²) in [5.41, 5.74) is 1.81. The SMILES string of the molecule is COCCN1Cc2c(O)c3c(c(F)c2C1)C[C@H]1C[C@H]2[C@H](N(C)C)C(=O)C(C(N)=O)=C(O)[C@@]2(O)C(=O)C1=C3O. The van der Waals surface area contributed by atoms with Gasteiger partial charge in [-0.25, -0.2) is 4.39 Å². The normalized spacial score (nSPS) is 28.9. The molecule has 0 radical (unpaired) electrons. The highest BCUT2D eigenvalue weighted by atomic mass is 19.1. The molecule has 12 heteroatoms. The number of ether oxygens (including phenoxy) is 1. The van der Waals surface area contributed by atoms with Gasteiger partial charge in [0.15, 0.2) is 11.4 Å². The van der Waals surface area contributed by atoms with Crippen LogP contribution in [-0.4, -0.2) is 93.7 Å². The number of phenolic OH excluding ortho intramolecular Hbond substituents is 1. The molecule has 3 aliphatic carbocycles. The van der Waals surface area contributed by atoms with E-state index in [0.29, 0.717) is 18.7 Å². The van der Waals surface area contributed by atoms with E-state index in [1.165, 1.54) is 19.0 Å². The summed E-state index contributed by atoms with van der Waals surface area (Å²) in [5.74, 6) is -8.11. The number of primary amides is 1. The molecular formula is C26H30FN3O8. The van der Waals surface area contributed by atoms with Crippen LogP contribution in [0.3, 0.4) is 0 Å². The fourth-order valence-electron chi connectivity index (χ4n) is 6.66. The summed E-state index contributed by atoms with van der Waals surface area (Å²) < 4.78 is 20.9. The lowest BCUT2D eigenvalue weighted by atomic mass is 9.57. The van der Waals surface area contributed by atoms with E-state index in [1.54, 1.807) is 7.11 Å². The average Bonchev–Trinajstić information content (AvgIpc) is 3.28. The number of nitrogens with zero attached hydrogens (tertiary/aromatic N) is 2. The number of hydrogen-bond donors (Lipinski definition) is 5. The molecule has 4 aliphatic rings. The summed E-state index contributed by atoms with van der Waals surface area (Å²) in [6, 6.07) is -1.19. The highest BCUT2D eigenvalue weighted by Crippen LogP contribution is 2.54. The predicted molar refractivity (Wildman–Crippen MR) is 130 cm³/mol. The number of benzene rings is 1. The number of aliphatic hydroxyl groups is 3. The first-order valence-electron chi connectivity index (χ1n) is 12.3. The minimum atomic E-state index is -2.73. The fraction of sp³-hybridized carbons (Fsp3) is 0.500. The number of Topliss-reactive ketones (excluding diaryl/α,β-unsaturated/α-hetero) is 2. The molecule has 38 heavy (non-hydrogen) atoms. The second-order valence-electron chi connectivity index (χ2n) is 10.6. The maximum atomic E-state index is 15.8. The van der Waals surface area contributed by atoms with Crippen molar-refractivity contribution < 1.29 is 43.9 Å². The van der Waals surface area contributed by atoms with E-state index in [1.807, 2.05) is 4.90 Å². The van der Waals surface area contributed by atoms with Crippen molar-refractivity contribution in [1.82, 2.24) is 9.80 Å². The van der Waals surface area contributed by atoms with Gasteiger partial charge in [-0.05, 0) is 32.9 Å². The van der Waals surface area contributed by atoms with Crippen molar-refractivity contribution in [3.63, 3.8) is 0 Å². The zero-order chi connectivity index (χ0) is 27.8. The molecule has 5 rings (SSSR count). The van der Waals surface area contributed by atoms with Crippen LogP contribution in [0, 0.1) is 17.7 Å². The first kappa shape index (κ1) is 26.3. The van der Waals surface area contributed by atoms with Crippen molar-refractivity contribution in [1.29, 1.82) is 0 Å². The average molecular weight is 532 g/mol. The Labute approximate surface area is 217 Å². The maximum absolute atomic E-state index is 15.8. The summed E-state index contributed by atoms with van der Waals surface area (Å²) >= 11 is 0. The van der Waals surface area contributed by atoms with E-state index in [0.717, 1.165) is 0 Å². The van der Waals surface area contributed by atoms with Crippen LogP contribution in [-0.2, 0) is 38.6 Å². The molecular weight excluding hydrogens is 501 g/mol. The van der Waals surface area contributed by atoms with E-state index >= 15 is 4.39 Å². The first-order valence-corrected chi connectivity index (χ1v) is 12.3. The lowest BCUT2D eigenvalue weighted by molar-refractivity contribution is -0.153. The number of likely N-dealkylation sites (N-methyl/N-ethyl adjacent to an activating group) is 1. The molecule has 0 saturated heterocycles. The third kappa shape index (κ3) is 3.37. The van der Waals surface area contributed by atoms with Gasteiger partial charge in [0.25, 0.3) is 5.91 Å². The van der Waals surface area contributed by atoms with Gasteiger partial charge >= 0.3 is 0 Å². The van der Waals surface area contributed by atoms with Crippen LogP contribution in [0.25, 0.3) is 5.76 Å². The van der Waals surface area contributed by atoms with Crippen LogP contribution in [0.2, 0.25) is 0 Å². The Hall–Kier alpha value is -3.32. The van der Waals surface area contributed by atoms with Gasteiger partial charge in [-0.3, -0.25) is 24.2 Å². The van der Waals surface area contributed by atoms with E-state index < -0.39 is 63.9 Å². The number of aromatic hydroxyl groups is 1. The topological polar surface area (TPSA) is 174 Å². The van der Waals surface area contributed by atoms with Crippen LogP contribution in [0.15, 0.2) is 16.9 Å². The predicted octanol–water partition coefficient (Wildman–Crippen LogP) is 0.0651. The number of nitrogens with two attached hydrogens (primary N) is 1. The minimum absolute atomic E-state index is 0.0421. The summed E-state index contributed by atoms with van der Waals surface area (Å²) in [7, 11) is 4.58. The quantitative estimate of drug-likeness (QED) is 0.327. The van der Waals surface area contributed by atoms with Gasteiger partial charge in [0.05, 0.1) is 18.2 Å². The van der Waals surface area contributed by atoms with Gasteiger partial charge < -0.3 is 30.9 Å². The Morgan fingerprint density at radius 3 is 2.45 bits per heavy atom. The van der Waals surface area contributed by atoms with Crippen LogP contribution in [0.4, 0.5) is 4.39 Å². The van der Waals surface area contributed by atoms with E-state index in [9.17, 15) is 34.8 Å². The highest BCUT2D eigenvalue weighted by molar-refractivity contribution is 6.24. The molecule has 1 aromatic rings. The van der Waals surface area contributed by atoms with Crippen LogP contribution in [0.1, 0.15) is 28.7 Å². The molecule has 6 N–H and O–H groups in total. The molecule has 204 valence electrons. The third-order valence-corrected chi connectivity index (χ3v) is 8.41. The number of aliphatic hydroxyl groups excluding tert-OH is 2. The summed E-state index contributed by atoms with van der Waals surface area (Å²) in [6.07, 6.45) is -0.178. The van der Waals surface area contributed by atoms with Crippen molar-refractivity contribution in [2.24, 2.45) is 17.6 Å². The van der Waals surface area contributed by atoms with Gasteiger partial charge in [0, 0.05) is 54.9 Å². The number of halogens is 1. The third-order valence-electron chi connectivity index (χ3n) is 8.41. The number of rotatable bonds is 5. The summed E-state index contributed by atoms with van der Waals surface area (Å²) in [6.45, 7) is 1.34. The first-order chi connectivity index (χ1) is 17.9. The molecule has 0 spiro atoms. The molecule has 1 fully saturated rings. The van der Waals surface area contributed by atoms with Crippen molar-refractivity contribution in [3.8, 4) is 5.75 Å². The molecule has 1 amide bonds. The largest absolute Gasteiger partial charge is 0.508 e. The summed E-state index contributed by atoms with van der Waals surface area (Å²) in [4.78, 5) is 42.3. The van der Waals surface area contributed by atoms with E-state index in [4.69, 9.17) is 10.5 Å². The Balaban J connectivity index is 1.67. The Morgan fingerprint density at radius 2 is 1.84 bits per heavy atom. The van der Waals surface area contributed by atoms with Crippen molar-refractivity contribution in [2.45, 2.75) is 37.6 Å².